The van der Waals surface area contributed by atoms with Crippen LogP contribution in [0.15, 0.2) is 65.5 Å². The molecule has 1 aliphatic heterocycles. The van der Waals surface area contributed by atoms with Crippen LogP contribution in [0, 0.1) is 0 Å². The lowest BCUT2D eigenvalue weighted by Gasteiger charge is -2.32. The SMILES string of the molecule is CC(C)(C)n1sc(-c2ccccc2)c(NC2CCN(Cc3ccccc3)CC2)c1=O. The highest BCUT2D eigenvalue weighted by Gasteiger charge is 2.27. The van der Waals surface area contributed by atoms with Crippen molar-refractivity contribution in [3.05, 3.63) is 76.6 Å². The predicted molar refractivity (Wildman–Crippen MR) is 127 cm³/mol. The Kier molecular flexibility index (Phi) is 6.11. The molecule has 1 aromatic heterocycles. The van der Waals surface area contributed by atoms with Crippen LogP contribution >= 0.6 is 11.5 Å². The molecule has 1 N–H and O–H groups in total. The van der Waals surface area contributed by atoms with Crippen molar-refractivity contribution in [1.82, 2.24) is 8.86 Å². The summed E-state index contributed by atoms with van der Waals surface area (Å²) in [7, 11) is 0. The van der Waals surface area contributed by atoms with E-state index in [2.05, 4.69) is 73.5 Å². The third-order valence-corrected chi connectivity index (χ3v) is 7.16. The molecule has 5 heteroatoms. The van der Waals surface area contributed by atoms with E-state index in [-0.39, 0.29) is 11.1 Å². The Labute approximate surface area is 183 Å². The molecule has 3 aromatic rings. The average molecular weight is 422 g/mol. The third-order valence-electron chi connectivity index (χ3n) is 5.64. The number of hydrogen-bond acceptors (Lipinski definition) is 4. The molecule has 0 atom stereocenters. The molecule has 2 heterocycles. The summed E-state index contributed by atoms with van der Waals surface area (Å²) in [6, 6.07) is 21.2. The first-order valence-corrected chi connectivity index (χ1v) is 11.5. The van der Waals surface area contributed by atoms with Crippen LogP contribution < -0.4 is 10.9 Å². The van der Waals surface area contributed by atoms with Crippen molar-refractivity contribution in [2.45, 2.75) is 51.7 Å². The number of piperidine rings is 1. The lowest BCUT2D eigenvalue weighted by Crippen LogP contribution is -2.40. The highest BCUT2D eigenvalue weighted by atomic mass is 32.1. The molecule has 4 nitrogen and oxygen atoms in total. The van der Waals surface area contributed by atoms with Gasteiger partial charge in [-0.1, -0.05) is 72.2 Å². The molecule has 0 spiro atoms. The fourth-order valence-corrected chi connectivity index (χ4v) is 5.12. The Morgan fingerprint density at radius 3 is 2.17 bits per heavy atom. The van der Waals surface area contributed by atoms with E-state index in [0.29, 0.717) is 6.04 Å². The zero-order chi connectivity index (χ0) is 21.1. The van der Waals surface area contributed by atoms with Gasteiger partial charge in [0, 0.05) is 25.7 Å². The first-order chi connectivity index (χ1) is 14.4. The number of hydrogen-bond donors (Lipinski definition) is 1. The van der Waals surface area contributed by atoms with E-state index >= 15 is 0 Å². The summed E-state index contributed by atoms with van der Waals surface area (Å²) in [5, 5.41) is 3.64. The molecule has 0 bridgehead atoms. The van der Waals surface area contributed by atoms with Crippen molar-refractivity contribution in [3.63, 3.8) is 0 Å². The lowest BCUT2D eigenvalue weighted by molar-refractivity contribution is 0.211. The standard InChI is InChI=1S/C25H31N3OS/c1-25(2,3)28-24(29)22(23(30-28)20-12-8-5-9-13-20)26-21-14-16-27(17-15-21)18-19-10-6-4-7-11-19/h4-13,21,26H,14-18H2,1-3H3. The summed E-state index contributed by atoms with van der Waals surface area (Å²) in [6.07, 6.45) is 2.09. The largest absolute Gasteiger partial charge is 0.377 e. The minimum atomic E-state index is -0.232. The Bertz CT molecular complexity index is 1010. The van der Waals surface area contributed by atoms with Crippen molar-refractivity contribution in [2.75, 3.05) is 18.4 Å². The molecule has 0 saturated carbocycles. The predicted octanol–water partition coefficient (Wildman–Crippen LogP) is 5.41. The molecule has 4 rings (SSSR count). The van der Waals surface area contributed by atoms with Crippen molar-refractivity contribution >= 4 is 17.2 Å². The van der Waals surface area contributed by atoms with Gasteiger partial charge in [-0.3, -0.25) is 13.7 Å². The van der Waals surface area contributed by atoms with E-state index in [4.69, 9.17) is 0 Å². The topological polar surface area (TPSA) is 37.3 Å². The molecule has 0 aliphatic carbocycles. The minimum Gasteiger partial charge on any atom is -0.377 e. The first-order valence-electron chi connectivity index (χ1n) is 10.8. The van der Waals surface area contributed by atoms with Gasteiger partial charge in [-0.25, -0.2) is 0 Å². The molecule has 0 radical (unpaired) electrons. The molecule has 1 fully saturated rings. The summed E-state index contributed by atoms with van der Waals surface area (Å²) in [5.74, 6) is 0. The van der Waals surface area contributed by atoms with Gasteiger partial charge in [0.05, 0.1) is 10.4 Å². The molecule has 30 heavy (non-hydrogen) atoms. The number of aromatic nitrogens is 1. The molecule has 1 saturated heterocycles. The number of likely N-dealkylation sites (tertiary alicyclic amines) is 1. The Morgan fingerprint density at radius 2 is 1.57 bits per heavy atom. The summed E-state index contributed by atoms with van der Waals surface area (Å²) >= 11 is 1.57. The average Bonchev–Trinajstić information content (AvgIpc) is 3.07. The Balaban J connectivity index is 1.51. The minimum absolute atomic E-state index is 0.0954. The van der Waals surface area contributed by atoms with Crippen LogP contribution in [0.5, 0.6) is 0 Å². The Hall–Kier alpha value is -2.37. The van der Waals surface area contributed by atoms with E-state index in [0.717, 1.165) is 48.6 Å². The molecule has 158 valence electrons. The van der Waals surface area contributed by atoms with Gasteiger partial charge in [0.1, 0.15) is 5.69 Å². The second-order valence-electron chi connectivity index (χ2n) is 9.11. The highest BCUT2D eigenvalue weighted by Crippen LogP contribution is 2.34. The summed E-state index contributed by atoms with van der Waals surface area (Å²) < 4.78 is 1.90. The van der Waals surface area contributed by atoms with Crippen LogP contribution in [0.3, 0.4) is 0 Å². The van der Waals surface area contributed by atoms with Gasteiger partial charge in [-0.05, 0) is 44.7 Å². The Morgan fingerprint density at radius 1 is 0.967 bits per heavy atom. The van der Waals surface area contributed by atoms with Crippen LogP contribution in [0.1, 0.15) is 39.2 Å². The fourth-order valence-electron chi connectivity index (χ4n) is 4.01. The third kappa shape index (κ3) is 4.68. The second kappa shape index (κ2) is 8.78. The van der Waals surface area contributed by atoms with Gasteiger partial charge >= 0.3 is 0 Å². The summed E-state index contributed by atoms with van der Waals surface area (Å²) in [5.41, 5.74) is 3.10. The first kappa shape index (κ1) is 20.9. The van der Waals surface area contributed by atoms with E-state index in [1.165, 1.54) is 5.56 Å². The number of benzene rings is 2. The van der Waals surface area contributed by atoms with E-state index in [1.807, 2.05) is 22.2 Å². The van der Waals surface area contributed by atoms with Gasteiger partial charge < -0.3 is 5.32 Å². The van der Waals surface area contributed by atoms with Crippen LogP contribution in [0.4, 0.5) is 5.69 Å². The normalized spacial score (nSPS) is 16.0. The van der Waals surface area contributed by atoms with Crippen molar-refractivity contribution in [2.24, 2.45) is 0 Å². The molecule has 1 aliphatic rings. The molecule has 2 aromatic carbocycles. The summed E-state index contributed by atoms with van der Waals surface area (Å²) in [6.45, 7) is 9.36. The van der Waals surface area contributed by atoms with Crippen LogP contribution in [-0.4, -0.2) is 28.0 Å². The fraction of sp³-hybridized carbons (Fsp3) is 0.400. The highest BCUT2D eigenvalue weighted by molar-refractivity contribution is 7.11. The van der Waals surface area contributed by atoms with Crippen LogP contribution in [0.25, 0.3) is 10.4 Å². The molecular formula is C25H31N3OS. The molecule has 0 amide bonds. The van der Waals surface area contributed by atoms with Crippen molar-refractivity contribution < 1.29 is 0 Å². The van der Waals surface area contributed by atoms with Gasteiger partial charge in [-0.2, -0.15) is 0 Å². The maximum atomic E-state index is 13.3. The van der Waals surface area contributed by atoms with Gasteiger partial charge in [-0.15, -0.1) is 0 Å². The van der Waals surface area contributed by atoms with Crippen LogP contribution in [-0.2, 0) is 12.1 Å². The zero-order valence-electron chi connectivity index (χ0n) is 18.1. The van der Waals surface area contributed by atoms with E-state index in [1.54, 1.807) is 11.5 Å². The lowest BCUT2D eigenvalue weighted by atomic mass is 10.0. The van der Waals surface area contributed by atoms with E-state index in [9.17, 15) is 4.79 Å². The van der Waals surface area contributed by atoms with Gasteiger partial charge in [0.2, 0.25) is 0 Å². The quantitative estimate of drug-likeness (QED) is 0.599. The van der Waals surface area contributed by atoms with E-state index < -0.39 is 0 Å². The van der Waals surface area contributed by atoms with Gasteiger partial charge in [0.25, 0.3) is 5.56 Å². The van der Waals surface area contributed by atoms with Crippen LogP contribution in [0.2, 0.25) is 0 Å². The van der Waals surface area contributed by atoms with Gasteiger partial charge in [0.15, 0.2) is 0 Å². The maximum absolute atomic E-state index is 13.3. The summed E-state index contributed by atoms with van der Waals surface area (Å²) in [4.78, 5) is 16.8. The number of anilines is 1. The van der Waals surface area contributed by atoms with Crippen molar-refractivity contribution in [3.8, 4) is 10.4 Å². The second-order valence-corrected chi connectivity index (χ2v) is 10.1. The molecule has 0 unspecified atom stereocenters. The zero-order valence-corrected chi connectivity index (χ0v) is 18.9. The maximum Gasteiger partial charge on any atom is 0.285 e. The number of nitrogens with one attached hydrogen (secondary N) is 1. The monoisotopic (exact) mass is 421 g/mol. The van der Waals surface area contributed by atoms with Crippen molar-refractivity contribution in [1.29, 1.82) is 0 Å². The smallest absolute Gasteiger partial charge is 0.285 e. The number of nitrogens with zero attached hydrogens (tertiary/aromatic N) is 2. The molecular weight excluding hydrogens is 390 g/mol. The number of rotatable bonds is 5.